The van der Waals surface area contributed by atoms with Crippen LogP contribution in [0.4, 0.5) is 11.6 Å². The van der Waals surface area contributed by atoms with Crippen LogP contribution in [0.15, 0.2) is 48.0 Å². The van der Waals surface area contributed by atoms with Gasteiger partial charge in [0.1, 0.15) is 17.2 Å². The highest BCUT2D eigenvalue weighted by atomic mass is 16.1. The summed E-state index contributed by atoms with van der Waals surface area (Å²) in [7, 11) is 0. The summed E-state index contributed by atoms with van der Waals surface area (Å²) in [5.41, 5.74) is 2.04. The third kappa shape index (κ3) is 3.02. The molecular weight excluding hydrogens is 332 g/mol. The monoisotopic (exact) mass is 348 g/mol. The van der Waals surface area contributed by atoms with Gasteiger partial charge in [0.05, 0.1) is 23.6 Å². The van der Waals surface area contributed by atoms with Crippen LogP contribution in [0, 0.1) is 0 Å². The Morgan fingerprint density at radius 2 is 2.00 bits per heavy atom. The molecule has 0 aliphatic carbocycles. The van der Waals surface area contributed by atoms with Gasteiger partial charge in [-0.3, -0.25) is 0 Å². The molecule has 0 aromatic carbocycles. The minimum absolute atomic E-state index is 0.300. The number of hydrogen-bond donors (Lipinski definition) is 2. The highest BCUT2D eigenvalue weighted by molar-refractivity contribution is 5.78. The number of hydrogen-bond acceptors (Lipinski definition) is 7. The van der Waals surface area contributed by atoms with E-state index >= 15 is 0 Å². The van der Waals surface area contributed by atoms with Crippen LogP contribution in [0.2, 0.25) is 0 Å². The summed E-state index contributed by atoms with van der Waals surface area (Å²) < 4.78 is 2.08. The van der Waals surface area contributed by atoms with Gasteiger partial charge in [-0.2, -0.15) is 0 Å². The highest BCUT2D eigenvalue weighted by Crippen LogP contribution is 2.22. The van der Waals surface area contributed by atoms with Gasteiger partial charge in [-0.05, 0) is 19.9 Å². The molecular formula is C17H16N8O. The molecule has 0 fully saturated rings. The van der Waals surface area contributed by atoms with E-state index in [2.05, 4.69) is 53.6 Å². The van der Waals surface area contributed by atoms with Crippen molar-refractivity contribution in [3.8, 4) is 11.4 Å². The van der Waals surface area contributed by atoms with Gasteiger partial charge in [-0.15, -0.1) is 0 Å². The number of fused-ring (bicyclic) bond motifs is 1. The Bertz CT molecular complexity index is 1110. The van der Waals surface area contributed by atoms with E-state index in [4.69, 9.17) is 0 Å². The fourth-order valence-corrected chi connectivity index (χ4v) is 2.57. The second kappa shape index (κ2) is 6.36. The van der Waals surface area contributed by atoms with Crippen molar-refractivity contribution in [1.29, 1.82) is 0 Å². The normalized spacial score (nSPS) is 11.2. The van der Waals surface area contributed by atoms with Crippen molar-refractivity contribution in [1.82, 2.24) is 34.5 Å². The van der Waals surface area contributed by atoms with E-state index in [1.807, 2.05) is 12.4 Å². The smallest absolute Gasteiger partial charge is 0.328 e. The van der Waals surface area contributed by atoms with Crippen molar-refractivity contribution < 1.29 is 0 Å². The Hall–Kier alpha value is -3.62. The standard InChI is InChI=1S/C17H16N8O/c1-10(2)25-9-22-12-8-19-15(5-13(12)25)23-14-3-4-18-16(24-14)11-6-20-17(26)21-7-11/h3-10H,1-2H3,(H,20,21,26)(H,18,19,23,24). The zero-order chi connectivity index (χ0) is 18.1. The number of aromatic amines is 1. The van der Waals surface area contributed by atoms with Crippen molar-refractivity contribution in [2.24, 2.45) is 0 Å². The van der Waals surface area contributed by atoms with E-state index in [0.29, 0.717) is 29.1 Å². The van der Waals surface area contributed by atoms with Crippen molar-refractivity contribution >= 4 is 22.7 Å². The first-order valence-electron chi connectivity index (χ1n) is 8.08. The van der Waals surface area contributed by atoms with Gasteiger partial charge in [0.15, 0.2) is 5.82 Å². The number of H-pyrrole nitrogens is 1. The fraction of sp³-hybridized carbons (Fsp3) is 0.176. The van der Waals surface area contributed by atoms with Gasteiger partial charge >= 0.3 is 5.69 Å². The molecule has 0 atom stereocenters. The number of nitrogens with zero attached hydrogens (tertiary/aromatic N) is 6. The maximum absolute atomic E-state index is 11.1. The summed E-state index contributed by atoms with van der Waals surface area (Å²) in [4.78, 5) is 34.7. The molecule has 2 N–H and O–H groups in total. The third-order valence-corrected chi connectivity index (χ3v) is 3.86. The molecule has 4 rings (SSSR count). The van der Waals surface area contributed by atoms with Crippen LogP contribution in [0.1, 0.15) is 19.9 Å². The molecule has 0 spiro atoms. The molecule has 0 radical (unpaired) electrons. The second-order valence-corrected chi connectivity index (χ2v) is 6.00. The molecule has 9 nitrogen and oxygen atoms in total. The van der Waals surface area contributed by atoms with Gasteiger partial charge in [-0.1, -0.05) is 0 Å². The van der Waals surface area contributed by atoms with Gasteiger partial charge in [-0.25, -0.2) is 29.7 Å². The summed E-state index contributed by atoms with van der Waals surface area (Å²) in [6.07, 6.45) is 8.13. The number of nitrogens with one attached hydrogen (secondary N) is 2. The van der Waals surface area contributed by atoms with Gasteiger partial charge in [0.2, 0.25) is 0 Å². The van der Waals surface area contributed by atoms with E-state index in [9.17, 15) is 4.79 Å². The lowest BCUT2D eigenvalue weighted by Gasteiger charge is -2.09. The first kappa shape index (κ1) is 15.9. The van der Waals surface area contributed by atoms with Crippen LogP contribution >= 0.6 is 0 Å². The zero-order valence-electron chi connectivity index (χ0n) is 14.2. The van der Waals surface area contributed by atoms with Crippen molar-refractivity contribution in [2.45, 2.75) is 19.9 Å². The first-order chi connectivity index (χ1) is 12.6. The van der Waals surface area contributed by atoms with Gasteiger partial charge < -0.3 is 14.9 Å². The summed E-state index contributed by atoms with van der Waals surface area (Å²) in [6, 6.07) is 3.98. The molecule has 26 heavy (non-hydrogen) atoms. The van der Waals surface area contributed by atoms with Gasteiger partial charge in [0.25, 0.3) is 0 Å². The molecule has 0 bridgehead atoms. The number of pyridine rings is 1. The van der Waals surface area contributed by atoms with Crippen LogP contribution in [-0.4, -0.2) is 34.5 Å². The SMILES string of the molecule is CC(C)n1cnc2cnc(Nc3ccnc(-c4cnc(=O)[nH]c4)n3)cc21. The van der Waals surface area contributed by atoms with E-state index in [0.717, 1.165) is 11.0 Å². The van der Waals surface area contributed by atoms with Crippen LogP contribution in [0.25, 0.3) is 22.4 Å². The Morgan fingerprint density at radius 1 is 1.12 bits per heavy atom. The molecule has 0 aliphatic heterocycles. The van der Waals surface area contributed by atoms with Crippen molar-refractivity contribution in [3.05, 3.63) is 53.7 Å². The molecule has 130 valence electrons. The van der Waals surface area contributed by atoms with Crippen LogP contribution in [0.5, 0.6) is 0 Å². The van der Waals surface area contributed by atoms with Crippen molar-refractivity contribution in [3.63, 3.8) is 0 Å². The Morgan fingerprint density at radius 3 is 2.77 bits per heavy atom. The van der Waals surface area contributed by atoms with Gasteiger partial charge in [0, 0.05) is 30.7 Å². The first-order valence-corrected chi connectivity index (χ1v) is 8.08. The molecule has 4 heterocycles. The molecule has 0 aliphatic rings. The minimum atomic E-state index is -0.415. The summed E-state index contributed by atoms with van der Waals surface area (Å²) in [5.74, 6) is 1.69. The maximum Gasteiger partial charge on any atom is 0.344 e. The molecule has 4 aromatic rings. The van der Waals surface area contributed by atoms with E-state index in [-0.39, 0.29) is 0 Å². The predicted octanol–water partition coefficient (Wildman–Crippen LogP) is 2.30. The maximum atomic E-state index is 11.1. The van der Waals surface area contributed by atoms with Crippen LogP contribution in [-0.2, 0) is 0 Å². The predicted molar refractivity (Wildman–Crippen MR) is 97.1 cm³/mol. The molecule has 0 saturated carbocycles. The Kier molecular flexibility index (Phi) is 3.88. The summed E-state index contributed by atoms with van der Waals surface area (Å²) in [6.45, 7) is 4.20. The Balaban J connectivity index is 1.66. The zero-order valence-corrected chi connectivity index (χ0v) is 14.2. The van der Waals surface area contributed by atoms with Crippen molar-refractivity contribution in [2.75, 3.05) is 5.32 Å². The van der Waals surface area contributed by atoms with E-state index in [1.165, 1.54) is 12.4 Å². The third-order valence-electron chi connectivity index (χ3n) is 3.86. The fourth-order valence-electron chi connectivity index (χ4n) is 2.57. The lowest BCUT2D eigenvalue weighted by molar-refractivity contribution is 0.617. The molecule has 0 unspecified atom stereocenters. The van der Waals surface area contributed by atoms with Crippen LogP contribution in [0.3, 0.4) is 0 Å². The highest BCUT2D eigenvalue weighted by Gasteiger charge is 2.09. The Labute approximate surface area is 148 Å². The molecule has 9 heteroatoms. The largest absolute Gasteiger partial charge is 0.344 e. The number of aromatic nitrogens is 7. The van der Waals surface area contributed by atoms with E-state index < -0.39 is 5.69 Å². The number of rotatable bonds is 4. The quantitative estimate of drug-likeness (QED) is 0.581. The summed E-state index contributed by atoms with van der Waals surface area (Å²) >= 11 is 0. The minimum Gasteiger partial charge on any atom is -0.328 e. The molecule has 4 aromatic heterocycles. The second-order valence-electron chi connectivity index (χ2n) is 6.00. The average molecular weight is 348 g/mol. The van der Waals surface area contributed by atoms with E-state index in [1.54, 1.807) is 18.5 Å². The molecule has 0 saturated heterocycles. The lowest BCUT2D eigenvalue weighted by atomic mass is 10.3. The number of anilines is 2. The number of imidazole rings is 1. The topological polar surface area (TPSA) is 114 Å². The summed E-state index contributed by atoms with van der Waals surface area (Å²) in [5, 5.41) is 3.18. The lowest BCUT2D eigenvalue weighted by Crippen LogP contribution is -2.08. The average Bonchev–Trinajstić information content (AvgIpc) is 3.06. The van der Waals surface area contributed by atoms with Crippen LogP contribution < -0.4 is 11.0 Å². The molecule has 0 amide bonds.